The standard InChI is InChI=1S/C14H28N2/c1-2-7-14(8-3-9-15-11-14)12-16-10-6-13-4-5-13/h13,15-16H,2-12H2,1H3. The van der Waals surface area contributed by atoms with E-state index >= 15 is 0 Å². The van der Waals surface area contributed by atoms with Crippen LogP contribution >= 0.6 is 0 Å². The lowest BCUT2D eigenvalue weighted by Crippen LogP contribution is -2.46. The lowest BCUT2D eigenvalue weighted by molar-refractivity contribution is 0.183. The number of piperidine rings is 1. The Morgan fingerprint density at radius 1 is 1.38 bits per heavy atom. The van der Waals surface area contributed by atoms with Crippen LogP contribution < -0.4 is 10.6 Å². The van der Waals surface area contributed by atoms with Crippen molar-refractivity contribution in [3.05, 3.63) is 0 Å². The lowest BCUT2D eigenvalue weighted by atomic mass is 9.77. The normalized spacial score (nSPS) is 30.6. The minimum atomic E-state index is 0.566. The van der Waals surface area contributed by atoms with E-state index < -0.39 is 0 Å². The summed E-state index contributed by atoms with van der Waals surface area (Å²) in [5, 5.41) is 7.29. The molecule has 0 spiro atoms. The van der Waals surface area contributed by atoms with Gasteiger partial charge < -0.3 is 10.6 Å². The number of hydrogen-bond donors (Lipinski definition) is 2. The van der Waals surface area contributed by atoms with Crippen molar-refractivity contribution in [2.75, 3.05) is 26.2 Å². The Kier molecular flexibility index (Phi) is 4.66. The van der Waals surface area contributed by atoms with E-state index in [0.29, 0.717) is 5.41 Å². The monoisotopic (exact) mass is 224 g/mol. The van der Waals surface area contributed by atoms with Crippen LogP contribution in [-0.4, -0.2) is 26.2 Å². The molecule has 2 rings (SSSR count). The first kappa shape index (κ1) is 12.4. The molecule has 0 aromatic rings. The van der Waals surface area contributed by atoms with E-state index in [4.69, 9.17) is 0 Å². The maximum Gasteiger partial charge on any atom is 0.00200 e. The highest BCUT2D eigenvalue weighted by Crippen LogP contribution is 2.33. The van der Waals surface area contributed by atoms with E-state index in [2.05, 4.69) is 17.6 Å². The van der Waals surface area contributed by atoms with Crippen LogP contribution in [0.15, 0.2) is 0 Å². The van der Waals surface area contributed by atoms with Gasteiger partial charge in [-0.25, -0.2) is 0 Å². The molecule has 2 heteroatoms. The highest BCUT2D eigenvalue weighted by atomic mass is 14.9. The summed E-state index contributed by atoms with van der Waals surface area (Å²) in [6.07, 6.45) is 9.89. The van der Waals surface area contributed by atoms with Crippen LogP contribution in [0.1, 0.15) is 51.9 Å². The Hall–Kier alpha value is -0.0800. The van der Waals surface area contributed by atoms with Crippen molar-refractivity contribution in [2.45, 2.75) is 51.9 Å². The van der Waals surface area contributed by atoms with Gasteiger partial charge in [-0.3, -0.25) is 0 Å². The zero-order chi connectivity index (χ0) is 11.3. The van der Waals surface area contributed by atoms with Gasteiger partial charge in [0.25, 0.3) is 0 Å². The van der Waals surface area contributed by atoms with Gasteiger partial charge in [-0.1, -0.05) is 26.2 Å². The smallest absolute Gasteiger partial charge is 0.00200 e. The van der Waals surface area contributed by atoms with Gasteiger partial charge in [-0.15, -0.1) is 0 Å². The van der Waals surface area contributed by atoms with E-state index in [0.717, 1.165) is 5.92 Å². The van der Waals surface area contributed by atoms with Crippen LogP contribution in [0.4, 0.5) is 0 Å². The zero-order valence-electron chi connectivity index (χ0n) is 10.9. The molecule has 0 aromatic heterocycles. The summed E-state index contributed by atoms with van der Waals surface area (Å²) in [5.74, 6) is 1.07. The van der Waals surface area contributed by atoms with Gasteiger partial charge in [-0.2, -0.15) is 0 Å². The summed E-state index contributed by atoms with van der Waals surface area (Å²) in [6, 6.07) is 0. The Balaban J connectivity index is 1.67. The molecule has 2 N–H and O–H groups in total. The molecule has 1 atom stereocenters. The third kappa shape index (κ3) is 3.74. The average Bonchev–Trinajstić information content (AvgIpc) is 3.10. The Bertz CT molecular complexity index is 187. The van der Waals surface area contributed by atoms with Crippen LogP contribution in [0.2, 0.25) is 0 Å². The van der Waals surface area contributed by atoms with Crippen molar-refractivity contribution in [1.29, 1.82) is 0 Å². The van der Waals surface area contributed by atoms with E-state index in [1.807, 2.05) is 0 Å². The molecule has 16 heavy (non-hydrogen) atoms. The van der Waals surface area contributed by atoms with Gasteiger partial charge in [-0.05, 0) is 50.1 Å². The molecule has 0 aromatic carbocycles. The van der Waals surface area contributed by atoms with Crippen LogP contribution in [-0.2, 0) is 0 Å². The molecule has 2 nitrogen and oxygen atoms in total. The quantitative estimate of drug-likeness (QED) is 0.649. The van der Waals surface area contributed by atoms with Gasteiger partial charge in [0.2, 0.25) is 0 Å². The molecule has 1 aliphatic heterocycles. The predicted molar refractivity (Wildman–Crippen MR) is 69.7 cm³/mol. The molecular weight excluding hydrogens is 196 g/mol. The first-order chi connectivity index (χ1) is 7.85. The SMILES string of the molecule is CCCC1(CNCCC2CC2)CCCNC1. The third-order valence-corrected chi connectivity index (χ3v) is 4.27. The summed E-state index contributed by atoms with van der Waals surface area (Å²) < 4.78 is 0. The van der Waals surface area contributed by atoms with E-state index in [9.17, 15) is 0 Å². The molecule has 94 valence electrons. The third-order valence-electron chi connectivity index (χ3n) is 4.27. The molecule has 1 heterocycles. The van der Waals surface area contributed by atoms with Crippen LogP contribution in [0.5, 0.6) is 0 Å². The minimum absolute atomic E-state index is 0.566. The van der Waals surface area contributed by atoms with Crippen molar-refractivity contribution in [3.63, 3.8) is 0 Å². The fourth-order valence-electron chi connectivity index (χ4n) is 3.08. The molecule has 0 radical (unpaired) electrons. The summed E-state index contributed by atoms with van der Waals surface area (Å²) in [6.45, 7) is 7.27. The topological polar surface area (TPSA) is 24.1 Å². The van der Waals surface area contributed by atoms with E-state index in [1.165, 1.54) is 71.1 Å². The lowest BCUT2D eigenvalue weighted by Gasteiger charge is -2.38. The van der Waals surface area contributed by atoms with Crippen molar-refractivity contribution in [2.24, 2.45) is 11.3 Å². The highest BCUT2D eigenvalue weighted by Gasteiger charge is 2.30. The van der Waals surface area contributed by atoms with E-state index in [-0.39, 0.29) is 0 Å². The molecule has 1 saturated heterocycles. The molecule has 1 unspecified atom stereocenters. The number of nitrogens with one attached hydrogen (secondary N) is 2. The minimum Gasteiger partial charge on any atom is -0.316 e. The van der Waals surface area contributed by atoms with Gasteiger partial charge in [0.15, 0.2) is 0 Å². The summed E-state index contributed by atoms with van der Waals surface area (Å²) in [5.41, 5.74) is 0.566. The van der Waals surface area contributed by atoms with Crippen LogP contribution in [0.25, 0.3) is 0 Å². The van der Waals surface area contributed by atoms with Crippen LogP contribution in [0.3, 0.4) is 0 Å². The molecule has 0 amide bonds. The number of rotatable bonds is 7. The Labute approximate surface area is 101 Å². The maximum atomic E-state index is 3.71. The van der Waals surface area contributed by atoms with E-state index in [1.54, 1.807) is 0 Å². The molecule has 2 aliphatic rings. The van der Waals surface area contributed by atoms with Gasteiger partial charge in [0, 0.05) is 13.1 Å². The van der Waals surface area contributed by atoms with Crippen LogP contribution in [0, 0.1) is 11.3 Å². The zero-order valence-corrected chi connectivity index (χ0v) is 10.9. The first-order valence-electron chi connectivity index (χ1n) is 7.26. The summed E-state index contributed by atoms with van der Waals surface area (Å²) in [7, 11) is 0. The average molecular weight is 224 g/mol. The summed E-state index contributed by atoms with van der Waals surface area (Å²) >= 11 is 0. The van der Waals surface area contributed by atoms with Crippen molar-refractivity contribution in [3.8, 4) is 0 Å². The molecule has 1 saturated carbocycles. The van der Waals surface area contributed by atoms with Crippen molar-refractivity contribution < 1.29 is 0 Å². The highest BCUT2D eigenvalue weighted by molar-refractivity contribution is 4.87. The maximum absolute atomic E-state index is 3.71. The van der Waals surface area contributed by atoms with Crippen molar-refractivity contribution >= 4 is 0 Å². The Morgan fingerprint density at radius 3 is 2.88 bits per heavy atom. The molecule has 0 bridgehead atoms. The first-order valence-corrected chi connectivity index (χ1v) is 7.26. The summed E-state index contributed by atoms with van der Waals surface area (Å²) in [4.78, 5) is 0. The van der Waals surface area contributed by atoms with Gasteiger partial charge in [0.1, 0.15) is 0 Å². The fourth-order valence-corrected chi connectivity index (χ4v) is 3.08. The van der Waals surface area contributed by atoms with Crippen molar-refractivity contribution in [1.82, 2.24) is 10.6 Å². The second kappa shape index (κ2) is 6.02. The van der Waals surface area contributed by atoms with Gasteiger partial charge in [0.05, 0.1) is 0 Å². The molecule has 1 aliphatic carbocycles. The largest absolute Gasteiger partial charge is 0.316 e. The number of hydrogen-bond acceptors (Lipinski definition) is 2. The predicted octanol–water partition coefficient (Wildman–Crippen LogP) is 2.55. The second-order valence-electron chi connectivity index (χ2n) is 5.94. The Morgan fingerprint density at radius 2 is 2.25 bits per heavy atom. The molecular formula is C14H28N2. The van der Waals surface area contributed by atoms with Gasteiger partial charge >= 0.3 is 0 Å². The molecule has 2 fully saturated rings. The fraction of sp³-hybridized carbons (Fsp3) is 1.00. The second-order valence-corrected chi connectivity index (χ2v) is 5.94.